The lowest BCUT2D eigenvalue weighted by molar-refractivity contribution is -0.149. The van der Waals surface area contributed by atoms with Gasteiger partial charge < -0.3 is 20.6 Å². The second kappa shape index (κ2) is 6.55. The molecule has 0 saturated carbocycles. The number of amides is 2. The Labute approximate surface area is 112 Å². The van der Waals surface area contributed by atoms with E-state index in [0.29, 0.717) is 0 Å². The fraction of sp³-hybridized carbons (Fsp3) is 0.700. The van der Waals surface area contributed by atoms with Crippen molar-refractivity contribution < 1.29 is 32.7 Å². The smallest absolute Gasteiger partial charge is 0.401 e. The number of aliphatic carboxylic acids is 1. The quantitative estimate of drug-likeness (QED) is 0.601. The standard InChI is InChI=1S/C10H14F3N3O4/c11-10(12,13)5-14-4-7(17)16-2-1-15-9(20)6(16)3-8(18)19/h6,14H,1-5H2,(H,15,20)(H,18,19). The highest BCUT2D eigenvalue weighted by Crippen LogP contribution is 2.12. The van der Waals surface area contributed by atoms with Gasteiger partial charge in [-0.3, -0.25) is 14.4 Å². The van der Waals surface area contributed by atoms with Crippen LogP contribution in [0.25, 0.3) is 0 Å². The molecule has 0 aliphatic carbocycles. The molecule has 1 heterocycles. The van der Waals surface area contributed by atoms with Gasteiger partial charge in [-0.15, -0.1) is 0 Å². The summed E-state index contributed by atoms with van der Waals surface area (Å²) >= 11 is 0. The van der Waals surface area contributed by atoms with Crippen molar-refractivity contribution in [3.05, 3.63) is 0 Å². The Kier molecular flexibility index (Phi) is 5.31. The fourth-order valence-electron chi connectivity index (χ4n) is 1.79. The molecule has 0 radical (unpaired) electrons. The summed E-state index contributed by atoms with van der Waals surface area (Å²) in [5, 5.41) is 13.0. The van der Waals surface area contributed by atoms with Gasteiger partial charge >= 0.3 is 12.1 Å². The Morgan fingerprint density at radius 3 is 2.65 bits per heavy atom. The molecule has 1 aliphatic heterocycles. The third-order valence-corrected chi connectivity index (χ3v) is 2.62. The minimum Gasteiger partial charge on any atom is -0.481 e. The monoisotopic (exact) mass is 297 g/mol. The summed E-state index contributed by atoms with van der Waals surface area (Å²) < 4.78 is 35.8. The first-order chi connectivity index (χ1) is 9.20. The van der Waals surface area contributed by atoms with Gasteiger partial charge in [-0.05, 0) is 0 Å². The number of carboxylic acid groups (broad SMARTS) is 1. The predicted octanol–water partition coefficient (Wildman–Crippen LogP) is -1.06. The number of alkyl halides is 3. The maximum absolute atomic E-state index is 11.9. The molecule has 1 atom stereocenters. The van der Waals surface area contributed by atoms with Crippen molar-refractivity contribution in [1.82, 2.24) is 15.5 Å². The number of piperazine rings is 1. The zero-order chi connectivity index (χ0) is 15.3. The first kappa shape index (κ1) is 16.2. The summed E-state index contributed by atoms with van der Waals surface area (Å²) in [6.45, 7) is -1.73. The number of hydrogen-bond donors (Lipinski definition) is 3. The number of carbonyl (C=O) groups excluding carboxylic acids is 2. The van der Waals surface area contributed by atoms with E-state index in [1.165, 1.54) is 0 Å². The van der Waals surface area contributed by atoms with Crippen LogP contribution >= 0.6 is 0 Å². The number of nitrogens with zero attached hydrogens (tertiary/aromatic N) is 1. The maximum Gasteiger partial charge on any atom is 0.401 e. The lowest BCUT2D eigenvalue weighted by Crippen LogP contribution is -2.59. The zero-order valence-corrected chi connectivity index (χ0v) is 10.4. The normalized spacial score (nSPS) is 19.6. The van der Waals surface area contributed by atoms with Gasteiger partial charge in [-0.1, -0.05) is 0 Å². The largest absolute Gasteiger partial charge is 0.481 e. The van der Waals surface area contributed by atoms with E-state index < -0.39 is 49.5 Å². The van der Waals surface area contributed by atoms with E-state index in [-0.39, 0.29) is 13.1 Å². The summed E-state index contributed by atoms with van der Waals surface area (Å²) in [6.07, 6.45) is -5.03. The second-order valence-electron chi connectivity index (χ2n) is 4.21. The average Bonchev–Trinajstić information content (AvgIpc) is 2.29. The molecule has 0 aromatic carbocycles. The second-order valence-corrected chi connectivity index (χ2v) is 4.21. The molecule has 0 spiro atoms. The van der Waals surface area contributed by atoms with Crippen LogP contribution in [0.2, 0.25) is 0 Å². The van der Waals surface area contributed by atoms with Crippen molar-refractivity contribution in [2.75, 3.05) is 26.2 Å². The molecule has 10 heteroatoms. The number of nitrogens with one attached hydrogen (secondary N) is 2. The third kappa shape index (κ3) is 5.03. The number of rotatable bonds is 5. The Morgan fingerprint density at radius 1 is 1.45 bits per heavy atom. The first-order valence-corrected chi connectivity index (χ1v) is 5.77. The van der Waals surface area contributed by atoms with Gasteiger partial charge in [0.25, 0.3) is 0 Å². The topological polar surface area (TPSA) is 98.7 Å². The highest BCUT2D eigenvalue weighted by atomic mass is 19.4. The van der Waals surface area contributed by atoms with E-state index in [9.17, 15) is 27.6 Å². The molecule has 0 aromatic heterocycles. The van der Waals surface area contributed by atoms with Crippen LogP contribution in [0.15, 0.2) is 0 Å². The van der Waals surface area contributed by atoms with Gasteiger partial charge in [0.2, 0.25) is 11.8 Å². The number of carbonyl (C=O) groups is 3. The molecule has 1 unspecified atom stereocenters. The van der Waals surface area contributed by atoms with Crippen molar-refractivity contribution in [2.45, 2.75) is 18.6 Å². The van der Waals surface area contributed by atoms with Crippen LogP contribution < -0.4 is 10.6 Å². The molecule has 7 nitrogen and oxygen atoms in total. The average molecular weight is 297 g/mol. The van der Waals surface area contributed by atoms with Crippen LogP contribution in [0, 0.1) is 0 Å². The SMILES string of the molecule is O=C(O)CC1C(=O)NCCN1C(=O)CNCC(F)(F)F. The van der Waals surface area contributed by atoms with Gasteiger partial charge in [0, 0.05) is 13.1 Å². The van der Waals surface area contributed by atoms with E-state index in [0.717, 1.165) is 4.90 Å². The molecular weight excluding hydrogens is 283 g/mol. The highest BCUT2D eigenvalue weighted by Gasteiger charge is 2.35. The third-order valence-electron chi connectivity index (χ3n) is 2.62. The molecule has 3 N–H and O–H groups in total. The van der Waals surface area contributed by atoms with E-state index in [2.05, 4.69) is 5.32 Å². The summed E-state index contributed by atoms with van der Waals surface area (Å²) in [5.74, 6) is -2.63. The number of hydrogen-bond acceptors (Lipinski definition) is 4. The summed E-state index contributed by atoms with van der Waals surface area (Å²) in [7, 11) is 0. The molecule has 1 aliphatic rings. The Hall–Kier alpha value is -1.84. The first-order valence-electron chi connectivity index (χ1n) is 5.77. The van der Waals surface area contributed by atoms with E-state index >= 15 is 0 Å². The van der Waals surface area contributed by atoms with Gasteiger partial charge in [0.15, 0.2) is 0 Å². The van der Waals surface area contributed by atoms with E-state index in [1.807, 2.05) is 5.32 Å². The van der Waals surface area contributed by atoms with E-state index in [4.69, 9.17) is 5.11 Å². The Morgan fingerprint density at radius 2 is 2.10 bits per heavy atom. The summed E-state index contributed by atoms with van der Waals surface area (Å²) in [5.41, 5.74) is 0. The van der Waals surface area contributed by atoms with Crippen LogP contribution in [0.3, 0.4) is 0 Å². The lowest BCUT2D eigenvalue weighted by atomic mass is 10.1. The molecule has 114 valence electrons. The van der Waals surface area contributed by atoms with Crippen molar-refractivity contribution in [3.8, 4) is 0 Å². The van der Waals surface area contributed by atoms with Gasteiger partial charge in [-0.2, -0.15) is 13.2 Å². The Bertz CT molecular complexity index is 400. The molecule has 1 fully saturated rings. The van der Waals surface area contributed by atoms with Crippen LogP contribution in [0.5, 0.6) is 0 Å². The summed E-state index contributed by atoms with van der Waals surface area (Å²) in [4.78, 5) is 34.9. The van der Waals surface area contributed by atoms with Crippen molar-refractivity contribution >= 4 is 17.8 Å². The summed E-state index contributed by atoms with van der Waals surface area (Å²) in [6, 6.07) is -1.19. The Balaban J connectivity index is 2.58. The van der Waals surface area contributed by atoms with Crippen LogP contribution in [-0.4, -0.2) is 66.2 Å². The minimum absolute atomic E-state index is 0.0657. The van der Waals surface area contributed by atoms with Crippen LogP contribution in [0.4, 0.5) is 13.2 Å². The maximum atomic E-state index is 11.9. The predicted molar refractivity (Wildman–Crippen MR) is 59.7 cm³/mol. The zero-order valence-electron chi connectivity index (χ0n) is 10.4. The molecule has 1 rings (SSSR count). The molecule has 0 bridgehead atoms. The van der Waals surface area contributed by atoms with Crippen molar-refractivity contribution in [2.24, 2.45) is 0 Å². The lowest BCUT2D eigenvalue weighted by Gasteiger charge is -2.34. The fourth-order valence-corrected chi connectivity index (χ4v) is 1.79. The van der Waals surface area contributed by atoms with Crippen LogP contribution in [-0.2, 0) is 14.4 Å². The van der Waals surface area contributed by atoms with Crippen molar-refractivity contribution in [1.29, 1.82) is 0 Å². The molecule has 20 heavy (non-hydrogen) atoms. The highest BCUT2D eigenvalue weighted by molar-refractivity contribution is 5.92. The number of halogens is 3. The molecular formula is C10H14F3N3O4. The van der Waals surface area contributed by atoms with Gasteiger partial charge in [0.05, 0.1) is 19.5 Å². The van der Waals surface area contributed by atoms with Gasteiger partial charge in [0.1, 0.15) is 6.04 Å². The number of carboxylic acids is 1. The van der Waals surface area contributed by atoms with E-state index in [1.54, 1.807) is 0 Å². The molecule has 2 amide bonds. The van der Waals surface area contributed by atoms with Gasteiger partial charge in [-0.25, -0.2) is 0 Å². The van der Waals surface area contributed by atoms with Crippen LogP contribution in [0.1, 0.15) is 6.42 Å². The van der Waals surface area contributed by atoms with Crippen molar-refractivity contribution in [3.63, 3.8) is 0 Å². The molecule has 0 aromatic rings. The molecule has 1 saturated heterocycles. The minimum atomic E-state index is -4.44.